The van der Waals surface area contributed by atoms with Crippen molar-refractivity contribution in [3.8, 4) is 0 Å². The van der Waals surface area contributed by atoms with E-state index in [2.05, 4.69) is 0 Å². The highest BCUT2D eigenvalue weighted by molar-refractivity contribution is 6.57. The molecule has 3 heteroatoms. The van der Waals surface area contributed by atoms with E-state index >= 15 is 0 Å². The Morgan fingerprint density at radius 2 is 1.38 bits per heavy atom. The van der Waals surface area contributed by atoms with Gasteiger partial charge < -0.3 is 0 Å². The average molecular weight is 173 g/mol. The summed E-state index contributed by atoms with van der Waals surface area (Å²) in [4.78, 5) is 0. The van der Waals surface area contributed by atoms with Crippen LogP contribution in [0.1, 0.15) is 13.8 Å². The first kappa shape index (κ1) is 6.98. The van der Waals surface area contributed by atoms with Gasteiger partial charge in [0.1, 0.15) is 4.33 Å². The summed E-state index contributed by atoms with van der Waals surface area (Å²) in [6, 6.07) is 0. The fraction of sp³-hybridized carbons (Fsp3) is 1.00. The number of rotatable bonds is 0. The van der Waals surface area contributed by atoms with Crippen LogP contribution in [0.15, 0.2) is 0 Å². The highest BCUT2D eigenvalue weighted by atomic mass is 35.5. The first-order chi connectivity index (χ1) is 3.40. The quantitative estimate of drug-likeness (QED) is 0.494. The minimum absolute atomic E-state index is 0.0849. The second-order valence-corrected chi connectivity index (χ2v) is 4.53. The van der Waals surface area contributed by atoms with Crippen molar-refractivity contribution in [1.82, 2.24) is 0 Å². The Labute approximate surface area is 64.1 Å². The predicted octanol–water partition coefficient (Wildman–Crippen LogP) is 2.81. The molecule has 1 aliphatic carbocycles. The number of hydrogen-bond acceptors (Lipinski definition) is 0. The van der Waals surface area contributed by atoms with Crippen LogP contribution in [0.4, 0.5) is 0 Å². The van der Waals surface area contributed by atoms with Crippen molar-refractivity contribution in [2.45, 2.75) is 23.6 Å². The fourth-order valence-corrected chi connectivity index (χ4v) is 1.76. The summed E-state index contributed by atoms with van der Waals surface area (Å²) in [5.74, 6) is 0. The Bertz CT molecular complexity index is 103. The zero-order valence-corrected chi connectivity index (χ0v) is 6.98. The predicted molar refractivity (Wildman–Crippen MR) is 37.9 cm³/mol. The van der Waals surface area contributed by atoms with Gasteiger partial charge in [-0.25, -0.2) is 0 Å². The lowest BCUT2D eigenvalue weighted by Gasteiger charge is -1.98. The number of halogens is 3. The Morgan fingerprint density at radius 3 is 1.38 bits per heavy atom. The van der Waals surface area contributed by atoms with Crippen LogP contribution in [0.25, 0.3) is 0 Å². The molecule has 1 saturated carbocycles. The van der Waals surface area contributed by atoms with Gasteiger partial charge in [-0.15, -0.1) is 11.6 Å². The smallest absolute Gasteiger partial charge is 0.119 e. The summed E-state index contributed by atoms with van der Waals surface area (Å²) >= 11 is 17.1. The van der Waals surface area contributed by atoms with Gasteiger partial charge in [-0.3, -0.25) is 0 Å². The second-order valence-electron chi connectivity index (χ2n) is 2.71. The van der Waals surface area contributed by atoms with E-state index in [4.69, 9.17) is 34.8 Å². The first-order valence-electron chi connectivity index (χ1n) is 2.42. The van der Waals surface area contributed by atoms with E-state index in [1.807, 2.05) is 13.8 Å². The highest BCUT2D eigenvalue weighted by Crippen LogP contribution is 2.66. The molecular formula is C5H7Cl3. The van der Waals surface area contributed by atoms with Gasteiger partial charge in [0.15, 0.2) is 0 Å². The Hall–Kier alpha value is 0.870. The van der Waals surface area contributed by atoms with Gasteiger partial charge in [-0.1, -0.05) is 37.0 Å². The summed E-state index contributed by atoms with van der Waals surface area (Å²) in [7, 11) is 0. The van der Waals surface area contributed by atoms with Gasteiger partial charge in [0.05, 0.1) is 5.38 Å². The van der Waals surface area contributed by atoms with Crippen molar-refractivity contribution in [3.63, 3.8) is 0 Å². The maximum absolute atomic E-state index is 5.72. The lowest BCUT2D eigenvalue weighted by atomic mass is 10.2. The van der Waals surface area contributed by atoms with Crippen molar-refractivity contribution in [3.05, 3.63) is 0 Å². The Balaban J connectivity index is 2.72. The fourth-order valence-electron chi connectivity index (χ4n) is 0.599. The molecule has 0 aromatic rings. The molecule has 0 amide bonds. The highest BCUT2D eigenvalue weighted by Gasteiger charge is 2.69. The molecule has 0 bridgehead atoms. The van der Waals surface area contributed by atoms with E-state index in [1.54, 1.807) is 0 Å². The zero-order valence-electron chi connectivity index (χ0n) is 4.71. The minimum atomic E-state index is -0.686. The topological polar surface area (TPSA) is 0 Å². The first-order valence-corrected chi connectivity index (χ1v) is 3.62. The van der Waals surface area contributed by atoms with Crippen molar-refractivity contribution in [2.24, 2.45) is 5.41 Å². The third kappa shape index (κ3) is 0.600. The Kier molecular flexibility index (Phi) is 1.29. The van der Waals surface area contributed by atoms with Crippen LogP contribution in [0.5, 0.6) is 0 Å². The van der Waals surface area contributed by atoms with E-state index in [-0.39, 0.29) is 10.8 Å². The van der Waals surface area contributed by atoms with Crippen LogP contribution in [-0.4, -0.2) is 9.71 Å². The standard InChI is InChI=1S/C5H7Cl3/c1-4(2)3(6)5(4,7)8/h3H,1-2H3. The van der Waals surface area contributed by atoms with Crippen LogP contribution in [0.2, 0.25) is 0 Å². The van der Waals surface area contributed by atoms with Crippen LogP contribution in [0, 0.1) is 5.41 Å². The summed E-state index contributed by atoms with van der Waals surface area (Å²) in [5.41, 5.74) is -0.0995. The third-order valence-corrected chi connectivity index (χ3v) is 4.23. The molecule has 1 fully saturated rings. The van der Waals surface area contributed by atoms with Gasteiger partial charge in [-0.05, 0) is 0 Å². The molecule has 0 aromatic carbocycles. The van der Waals surface area contributed by atoms with E-state index in [1.165, 1.54) is 0 Å². The summed E-state index contributed by atoms with van der Waals surface area (Å²) in [5, 5.41) is -0.0849. The van der Waals surface area contributed by atoms with E-state index < -0.39 is 4.33 Å². The molecule has 0 aromatic heterocycles. The molecule has 1 unspecified atom stereocenters. The maximum Gasteiger partial charge on any atom is 0.141 e. The minimum Gasteiger partial charge on any atom is -0.119 e. The lowest BCUT2D eigenvalue weighted by Crippen LogP contribution is -1.96. The molecule has 0 heterocycles. The molecule has 48 valence electrons. The monoisotopic (exact) mass is 172 g/mol. The molecular weight excluding hydrogens is 166 g/mol. The molecule has 0 saturated heterocycles. The van der Waals surface area contributed by atoms with Gasteiger partial charge in [0, 0.05) is 5.41 Å². The normalized spacial score (nSPS) is 39.4. The largest absolute Gasteiger partial charge is 0.141 e. The van der Waals surface area contributed by atoms with Gasteiger partial charge in [0.25, 0.3) is 0 Å². The summed E-state index contributed by atoms with van der Waals surface area (Å²) < 4.78 is -0.686. The van der Waals surface area contributed by atoms with Crippen LogP contribution < -0.4 is 0 Å². The van der Waals surface area contributed by atoms with Gasteiger partial charge in [0.2, 0.25) is 0 Å². The molecule has 1 aliphatic rings. The van der Waals surface area contributed by atoms with Crippen LogP contribution in [-0.2, 0) is 0 Å². The molecule has 8 heavy (non-hydrogen) atoms. The summed E-state index contributed by atoms with van der Waals surface area (Å²) in [6.45, 7) is 3.90. The Morgan fingerprint density at radius 1 is 1.25 bits per heavy atom. The number of alkyl halides is 3. The van der Waals surface area contributed by atoms with E-state index in [9.17, 15) is 0 Å². The van der Waals surface area contributed by atoms with E-state index in [0.29, 0.717) is 0 Å². The second kappa shape index (κ2) is 1.47. The molecule has 0 spiro atoms. The molecule has 0 aliphatic heterocycles. The lowest BCUT2D eigenvalue weighted by molar-refractivity contribution is 0.643. The summed E-state index contributed by atoms with van der Waals surface area (Å²) in [6.07, 6.45) is 0. The molecule has 0 radical (unpaired) electrons. The van der Waals surface area contributed by atoms with E-state index in [0.717, 1.165) is 0 Å². The molecule has 1 rings (SSSR count). The van der Waals surface area contributed by atoms with Crippen molar-refractivity contribution in [1.29, 1.82) is 0 Å². The molecule has 0 N–H and O–H groups in total. The van der Waals surface area contributed by atoms with Gasteiger partial charge >= 0.3 is 0 Å². The van der Waals surface area contributed by atoms with Crippen molar-refractivity contribution >= 4 is 34.8 Å². The molecule has 1 atom stereocenters. The third-order valence-electron chi connectivity index (χ3n) is 1.73. The molecule has 0 nitrogen and oxygen atoms in total. The maximum atomic E-state index is 5.72. The zero-order chi connectivity index (χ0) is 6.58. The average Bonchev–Trinajstić information content (AvgIpc) is 1.88. The number of hydrogen-bond donors (Lipinski definition) is 0. The van der Waals surface area contributed by atoms with Gasteiger partial charge in [-0.2, -0.15) is 0 Å². The van der Waals surface area contributed by atoms with Crippen LogP contribution >= 0.6 is 34.8 Å². The van der Waals surface area contributed by atoms with Crippen molar-refractivity contribution in [2.75, 3.05) is 0 Å². The SMILES string of the molecule is CC1(C)C(Cl)C1(Cl)Cl. The van der Waals surface area contributed by atoms with Crippen molar-refractivity contribution < 1.29 is 0 Å². The van der Waals surface area contributed by atoms with Crippen LogP contribution in [0.3, 0.4) is 0 Å².